The van der Waals surface area contributed by atoms with Gasteiger partial charge in [-0.2, -0.15) is 0 Å². The van der Waals surface area contributed by atoms with Gasteiger partial charge in [-0.25, -0.2) is 0 Å². The average molecular weight is 451 g/mol. The molecule has 1 aliphatic rings. The van der Waals surface area contributed by atoms with Crippen LogP contribution < -0.4 is 5.32 Å². The minimum atomic E-state index is -0.713. The molecule has 6 heteroatoms. The van der Waals surface area contributed by atoms with Gasteiger partial charge >= 0.3 is 0 Å². The maximum atomic E-state index is 13.6. The van der Waals surface area contributed by atoms with E-state index >= 15 is 0 Å². The number of nitrogens with zero attached hydrogens (tertiary/aromatic N) is 1. The summed E-state index contributed by atoms with van der Waals surface area (Å²) in [7, 11) is 0. The fourth-order valence-electron chi connectivity index (χ4n) is 4.31. The summed E-state index contributed by atoms with van der Waals surface area (Å²) in [6.07, 6.45) is 7.33. The lowest BCUT2D eigenvalue weighted by molar-refractivity contribution is -0.141. The smallest absolute Gasteiger partial charge is 0.247 e. The summed E-state index contributed by atoms with van der Waals surface area (Å²) < 4.78 is 5.56. The molecule has 0 unspecified atom stereocenters. The molecule has 168 valence electrons. The Morgan fingerprint density at radius 1 is 1.09 bits per heavy atom. The van der Waals surface area contributed by atoms with E-state index in [1.165, 1.54) is 6.42 Å². The topological polar surface area (TPSA) is 62.6 Å². The number of hydrogen-bond donors (Lipinski definition) is 1. The molecule has 1 N–H and O–H groups in total. The molecule has 2 aromatic heterocycles. The van der Waals surface area contributed by atoms with Crippen LogP contribution in [0.1, 0.15) is 59.9 Å². The summed E-state index contributed by atoms with van der Waals surface area (Å²) in [5.41, 5.74) is 1.93. The first-order chi connectivity index (χ1) is 15.6. The summed E-state index contributed by atoms with van der Waals surface area (Å²) in [5.74, 6) is 0.451. The molecule has 1 aliphatic carbocycles. The number of carbonyl (C=O) groups is 2. The van der Waals surface area contributed by atoms with Gasteiger partial charge < -0.3 is 14.6 Å². The zero-order chi connectivity index (χ0) is 22.3. The van der Waals surface area contributed by atoms with Crippen LogP contribution >= 0.6 is 11.3 Å². The minimum absolute atomic E-state index is 0.0896. The molecule has 4 rings (SSSR count). The van der Waals surface area contributed by atoms with Crippen molar-refractivity contribution in [2.24, 2.45) is 0 Å². The molecule has 1 saturated carbocycles. The molecular formula is C26H30N2O3S. The van der Waals surface area contributed by atoms with Crippen molar-refractivity contribution in [1.82, 2.24) is 10.2 Å². The van der Waals surface area contributed by atoms with Gasteiger partial charge in [0.05, 0.1) is 19.2 Å². The summed E-state index contributed by atoms with van der Waals surface area (Å²) in [6, 6.07) is 14.9. The summed E-state index contributed by atoms with van der Waals surface area (Å²) in [5, 5.41) is 5.21. The minimum Gasteiger partial charge on any atom is -0.467 e. The van der Waals surface area contributed by atoms with Gasteiger partial charge in [0.15, 0.2) is 0 Å². The van der Waals surface area contributed by atoms with Gasteiger partial charge in [-0.15, -0.1) is 11.3 Å². The number of carbonyl (C=O) groups excluding carboxylic acids is 2. The third-order valence-corrected chi connectivity index (χ3v) is 6.91. The third-order valence-electron chi connectivity index (χ3n) is 6.04. The number of hydrogen-bond acceptors (Lipinski definition) is 4. The predicted molar refractivity (Wildman–Crippen MR) is 126 cm³/mol. The number of benzene rings is 1. The first-order valence-electron chi connectivity index (χ1n) is 11.3. The van der Waals surface area contributed by atoms with E-state index in [2.05, 4.69) is 5.32 Å². The van der Waals surface area contributed by atoms with Crippen molar-refractivity contribution >= 4 is 23.2 Å². The second-order valence-electron chi connectivity index (χ2n) is 8.51. The Morgan fingerprint density at radius 2 is 1.88 bits per heavy atom. The predicted octanol–water partition coefficient (Wildman–Crippen LogP) is 5.41. The van der Waals surface area contributed by atoms with Crippen molar-refractivity contribution in [2.45, 2.75) is 64.1 Å². The van der Waals surface area contributed by atoms with E-state index in [0.717, 1.165) is 41.7 Å². The van der Waals surface area contributed by atoms with E-state index in [1.54, 1.807) is 28.6 Å². The first kappa shape index (κ1) is 22.3. The van der Waals surface area contributed by atoms with Crippen LogP contribution in [0.4, 0.5) is 0 Å². The van der Waals surface area contributed by atoms with Gasteiger partial charge in [0.25, 0.3) is 0 Å². The molecular weight excluding hydrogens is 420 g/mol. The van der Waals surface area contributed by atoms with Gasteiger partial charge in [0, 0.05) is 10.9 Å². The van der Waals surface area contributed by atoms with E-state index in [4.69, 9.17) is 4.42 Å². The van der Waals surface area contributed by atoms with Crippen LogP contribution in [0.25, 0.3) is 0 Å². The molecule has 5 nitrogen and oxygen atoms in total. The highest BCUT2D eigenvalue weighted by molar-refractivity contribution is 7.10. The largest absolute Gasteiger partial charge is 0.467 e. The van der Waals surface area contributed by atoms with Crippen LogP contribution in [0.5, 0.6) is 0 Å². The molecule has 0 aliphatic heterocycles. The zero-order valence-corrected chi connectivity index (χ0v) is 19.3. The number of furan rings is 1. The lowest BCUT2D eigenvalue weighted by Crippen LogP contribution is -2.47. The molecule has 2 amide bonds. The quantitative estimate of drug-likeness (QED) is 0.499. The zero-order valence-electron chi connectivity index (χ0n) is 18.5. The van der Waals surface area contributed by atoms with Crippen LogP contribution in [0.3, 0.4) is 0 Å². The number of amides is 2. The monoisotopic (exact) mass is 450 g/mol. The second kappa shape index (κ2) is 10.6. The van der Waals surface area contributed by atoms with Crippen molar-refractivity contribution in [2.75, 3.05) is 0 Å². The van der Waals surface area contributed by atoms with Crippen LogP contribution in [-0.2, 0) is 22.6 Å². The van der Waals surface area contributed by atoms with Gasteiger partial charge in [-0.1, -0.05) is 55.2 Å². The van der Waals surface area contributed by atoms with Crippen LogP contribution in [0.2, 0.25) is 0 Å². The van der Waals surface area contributed by atoms with Crippen molar-refractivity contribution < 1.29 is 14.0 Å². The van der Waals surface area contributed by atoms with Gasteiger partial charge in [0.1, 0.15) is 11.8 Å². The van der Waals surface area contributed by atoms with Crippen molar-refractivity contribution in [3.05, 3.63) is 81.9 Å². The van der Waals surface area contributed by atoms with Gasteiger partial charge in [-0.05, 0) is 48.9 Å². The highest BCUT2D eigenvalue weighted by Gasteiger charge is 2.33. The van der Waals surface area contributed by atoms with Gasteiger partial charge in [0.2, 0.25) is 11.8 Å². The Morgan fingerprint density at radius 3 is 2.53 bits per heavy atom. The van der Waals surface area contributed by atoms with E-state index in [0.29, 0.717) is 5.76 Å². The summed E-state index contributed by atoms with van der Waals surface area (Å²) >= 11 is 1.55. The maximum absolute atomic E-state index is 13.6. The molecule has 1 atom stereocenters. The third kappa shape index (κ3) is 5.68. The van der Waals surface area contributed by atoms with E-state index in [-0.39, 0.29) is 30.8 Å². The number of rotatable bonds is 8. The average Bonchev–Trinajstić information content (AvgIpc) is 3.49. The van der Waals surface area contributed by atoms with Crippen molar-refractivity contribution in [3.8, 4) is 0 Å². The van der Waals surface area contributed by atoms with E-state index in [1.807, 2.05) is 54.8 Å². The molecule has 0 radical (unpaired) electrons. The summed E-state index contributed by atoms with van der Waals surface area (Å²) in [4.78, 5) is 29.8. The number of aryl methyl sites for hydroxylation is 1. The Labute approximate surface area is 193 Å². The lowest BCUT2D eigenvalue weighted by Gasteiger charge is -2.33. The molecule has 0 spiro atoms. The van der Waals surface area contributed by atoms with Gasteiger partial charge in [-0.3, -0.25) is 9.59 Å². The van der Waals surface area contributed by atoms with Crippen LogP contribution in [0, 0.1) is 6.92 Å². The second-order valence-corrected chi connectivity index (χ2v) is 9.55. The molecule has 0 saturated heterocycles. The fraction of sp³-hybridized carbons (Fsp3) is 0.385. The van der Waals surface area contributed by atoms with E-state index < -0.39 is 6.04 Å². The molecule has 32 heavy (non-hydrogen) atoms. The highest BCUT2D eigenvalue weighted by atomic mass is 32.1. The van der Waals surface area contributed by atoms with E-state index in [9.17, 15) is 9.59 Å². The normalized spacial score (nSPS) is 15.3. The standard InChI is InChI=1S/C26H30N2O3S/c1-19-11-13-20(14-12-19)25(26(30)27-21-7-3-2-4-8-21)28(18-22-9-5-15-31-22)24(29)17-23-10-6-16-32-23/h5-6,9-16,21,25H,2-4,7-8,17-18H2,1H3,(H,27,30)/t25-/m0/s1. The maximum Gasteiger partial charge on any atom is 0.247 e. The van der Waals surface area contributed by atoms with Crippen LogP contribution in [0.15, 0.2) is 64.6 Å². The van der Waals surface area contributed by atoms with Crippen molar-refractivity contribution in [3.63, 3.8) is 0 Å². The Balaban J connectivity index is 1.66. The molecule has 2 heterocycles. The van der Waals surface area contributed by atoms with Crippen LogP contribution in [-0.4, -0.2) is 22.8 Å². The first-order valence-corrected chi connectivity index (χ1v) is 12.2. The number of nitrogens with one attached hydrogen (secondary N) is 1. The van der Waals surface area contributed by atoms with Crippen molar-refractivity contribution in [1.29, 1.82) is 0 Å². The SMILES string of the molecule is Cc1ccc([C@@H](C(=O)NC2CCCCC2)N(Cc2ccco2)C(=O)Cc2cccs2)cc1. The fourth-order valence-corrected chi connectivity index (χ4v) is 5.00. The number of thiophene rings is 1. The Hall–Kier alpha value is -2.86. The molecule has 1 fully saturated rings. The molecule has 0 bridgehead atoms. The Kier molecular flexibility index (Phi) is 7.43. The lowest BCUT2D eigenvalue weighted by atomic mass is 9.94. The highest BCUT2D eigenvalue weighted by Crippen LogP contribution is 2.27. The molecule has 3 aromatic rings. The summed E-state index contributed by atoms with van der Waals surface area (Å²) in [6.45, 7) is 2.26. The molecule has 1 aromatic carbocycles. The Bertz CT molecular complexity index is 990.